The summed E-state index contributed by atoms with van der Waals surface area (Å²) in [6, 6.07) is 65.3. The Morgan fingerprint density at radius 3 is 0.771 bits per heavy atom. The minimum atomic E-state index is 0.457. The monoisotopic (exact) mass is 614 g/mol. The predicted molar refractivity (Wildman–Crippen MR) is 196 cm³/mol. The highest BCUT2D eigenvalue weighted by molar-refractivity contribution is 6.06. The molecule has 0 fully saturated rings. The molecule has 7 aromatic rings. The lowest BCUT2D eigenvalue weighted by Crippen LogP contribution is -2.19. The summed E-state index contributed by atoms with van der Waals surface area (Å²) in [6.07, 6.45) is 0. The summed E-state index contributed by atoms with van der Waals surface area (Å²) in [5.41, 5.74) is 8.69. The predicted octanol–water partition coefficient (Wildman–Crippen LogP) is 11.7. The second kappa shape index (κ2) is 13.6. The first kappa shape index (κ1) is 29.8. The van der Waals surface area contributed by atoms with Crippen LogP contribution in [0.3, 0.4) is 0 Å². The molecule has 0 spiro atoms. The molecule has 0 saturated carbocycles. The van der Waals surface area contributed by atoms with Crippen LogP contribution < -0.4 is 9.80 Å². The number of rotatable bonds is 8. The molecule has 7 rings (SSSR count). The van der Waals surface area contributed by atoms with Crippen LogP contribution in [0.4, 0.5) is 34.1 Å². The zero-order chi connectivity index (χ0) is 32.7. The number of nitriles is 2. The molecule has 0 atom stereocenters. The van der Waals surface area contributed by atoms with E-state index >= 15 is 0 Å². The molecule has 48 heavy (non-hydrogen) atoms. The third kappa shape index (κ3) is 5.56. The van der Waals surface area contributed by atoms with E-state index in [0.717, 1.165) is 33.9 Å². The minimum absolute atomic E-state index is 0.457. The molecule has 0 heterocycles. The molecule has 0 aliphatic heterocycles. The largest absolute Gasteiger partial charge is 0.308 e. The first-order valence-corrected chi connectivity index (χ1v) is 15.8. The Kier molecular flexibility index (Phi) is 8.46. The quantitative estimate of drug-likeness (QED) is 0.171. The molecule has 0 aliphatic rings. The van der Waals surface area contributed by atoms with E-state index in [4.69, 9.17) is 0 Å². The van der Waals surface area contributed by atoms with Crippen molar-refractivity contribution >= 4 is 34.1 Å². The zero-order valence-electron chi connectivity index (χ0n) is 26.1. The fourth-order valence-corrected chi connectivity index (χ4v) is 6.28. The summed E-state index contributed by atoms with van der Waals surface area (Å²) in [6.45, 7) is 0. The summed E-state index contributed by atoms with van der Waals surface area (Å²) in [5.74, 6) is 0. The number of benzene rings is 7. The maximum absolute atomic E-state index is 11.4. The van der Waals surface area contributed by atoms with E-state index in [0.29, 0.717) is 33.6 Å². The Balaban J connectivity index is 1.73. The van der Waals surface area contributed by atoms with Gasteiger partial charge in [-0.2, -0.15) is 10.5 Å². The second-order valence-electron chi connectivity index (χ2n) is 11.2. The number of anilines is 6. The maximum Gasteiger partial charge on any atom is 0.102 e. The van der Waals surface area contributed by atoms with Crippen LogP contribution in [0.2, 0.25) is 0 Å². The van der Waals surface area contributed by atoms with Crippen LogP contribution in [0.15, 0.2) is 182 Å². The Labute approximate surface area is 281 Å². The van der Waals surface area contributed by atoms with Crippen molar-refractivity contribution in [2.75, 3.05) is 9.80 Å². The highest BCUT2D eigenvalue weighted by Crippen LogP contribution is 2.54. The molecule has 0 aromatic heterocycles. The fraction of sp³-hybridized carbons (Fsp3) is 0. The van der Waals surface area contributed by atoms with Gasteiger partial charge in [0.2, 0.25) is 0 Å². The van der Waals surface area contributed by atoms with E-state index < -0.39 is 0 Å². The van der Waals surface area contributed by atoms with E-state index in [1.807, 2.05) is 182 Å². The van der Waals surface area contributed by atoms with E-state index in [9.17, 15) is 10.5 Å². The summed E-state index contributed by atoms with van der Waals surface area (Å²) in [4.78, 5) is 4.21. The zero-order valence-corrected chi connectivity index (χ0v) is 26.1. The Hall–Kier alpha value is -6.88. The number of hydrogen-bond acceptors (Lipinski definition) is 4. The van der Waals surface area contributed by atoms with Crippen LogP contribution >= 0.6 is 0 Å². The van der Waals surface area contributed by atoms with Crippen LogP contribution in [0.1, 0.15) is 11.1 Å². The highest BCUT2D eigenvalue weighted by atomic mass is 15.2. The SMILES string of the molecule is N#Cc1c(-c2ccccc2)c(N(c2ccccc2)c2ccccc2)c(C#N)c(-c2ccccc2)c1N(c1ccccc1)c1ccccc1. The van der Waals surface area contributed by atoms with Crippen LogP contribution in [-0.2, 0) is 0 Å². The Morgan fingerprint density at radius 2 is 0.542 bits per heavy atom. The van der Waals surface area contributed by atoms with Crippen molar-refractivity contribution < 1.29 is 0 Å². The molecular weight excluding hydrogens is 585 g/mol. The second-order valence-corrected chi connectivity index (χ2v) is 11.2. The van der Waals surface area contributed by atoms with Crippen LogP contribution in [0, 0.1) is 22.7 Å². The number of hydrogen-bond donors (Lipinski definition) is 0. The van der Waals surface area contributed by atoms with Gasteiger partial charge in [-0.05, 0) is 59.7 Å². The van der Waals surface area contributed by atoms with Crippen molar-refractivity contribution in [2.45, 2.75) is 0 Å². The highest BCUT2D eigenvalue weighted by Gasteiger charge is 2.33. The van der Waals surface area contributed by atoms with Crippen molar-refractivity contribution in [3.05, 3.63) is 193 Å². The summed E-state index contributed by atoms with van der Waals surface area (Å²) >= 11 is 0. The normalized spacial score (nSPS) is 10.5. The van der Waals surface area contributed by atoms with Gasteiger partial charge in [0.25, 0.3) is 0 Å². The lowest BCUT2D eigenvalue weighted by molar-refractivity contribution is 1.23. The topological polar surface area (TPSA) is 54.1 Å². The molecule has 0 saturated heterocycles. The van der Waals surface area contributed by atoms with Gasteiger partial charge in [-0.1, -0.05) is 133 Å². The van der Waals surface area contributed by atoms with Crippen LogP contribution in [0.5, 0.6) is 0 Å². The number of nitrogens with zero attached hydrogens (tertiary/aromatic N) is 4. The van der Waals surface area contributed by atoms with Crippen LogP contribution in [0.25, 0.3) is 22.3 Å². The maximum atomic E-state index is 11.4. The first-order chi connectivity index (χ1) is 23.8. The van der Waals surface area contributed by atoms with Gasteiger partial charge in [-0.15, -0.1) is 0 Å². The third-order valence-electron chi connectivity index (χ3n) is 8.30. The van der Waals surface area contributed by atoms with Crippen molar-refractivity contribution in [1.29, 1.82) is 10.5 Å². The Morgan fingerprint density at radius 1 is 0.312 bits per heavy atom. The van der Waals surface area contributed by atoms with Gasteiger partial charge in [0.05, 0.1) is 22.5 Å². The molecule has 0 N–H and O–H groups in total. The van der Waals surface area contributed by atoms with Crippen molar-refractivity contribution in [2.24, 2.45) is 0 Å². The van der Waals surface area contributed by atoms with Gasteiger partial charge >= 0.3 is 0 Å². The summed E-state index contributed by atoms with van der Waals surface area (Å²) in [7, 11) is 0. The number of para-hydroxylation sites is 4. The van der Waals surface area contributed by atoms with Gasteiger partial charge in [-0.3, -0.25) is 0 Å². The van der Waals surface area contributed by atoms with Crippen molar-refractivity contribution in [3.63, 3.8) is 0 Å². The minimum Gasteiger partial charge on any atom is -0.308 e. The smallest absolute Gasteiger partial charge is 0.102 e. The molecule has 0 amide bonds. The molecule has 4 heteroatoms. The lowest BCUT2D eigenvalue weighted by atomic mass is 9.85. The molecule has 0 radical (unpaired) electrons. The van der Waals surface area contributed by atoms with Gasteiger partial charge in [0.15, 0.2) is 0 Å². The molecule has 226 valence electrons. The van der Waals surface area contributed by atoms with Gasteiger partial charge in [0.1, 0.15) is 12.1 Å². The van der Waals surface area contributed by atoms with E-state index in [1.165, 1.54) is 0 Å². The summed E-state index contributed by atoms with van der Waals surface area (Å²) < 4.78 is 0. The van der Waals surface area contributed by atoms with Crippen LogP contribution in [-0.4, -0.2) is 0 Å². The van der Waals surface area contributed by atoms with Gasteiger partial charge in [0, 0.05) is 33.9 Å². The Bertz CT molecular complexity index is 1980. The van der Waals surface area contributed by atoms with Gasteiger partial charge in [-0.25, -0.2) is 0 Å². The molecule has 4 nitrogen and oxygen atoms in total. The molecule has 7 aromatic carbocycles. The van der Waals surface area contributed by atoms with E-state index in [2.05, 4.69) is 21.9 Å². The molecular formula is C44H30N4. The summed E-state index contributed by atoms with van der Waals surface area (Å²) in [5, 5.41) is 22.8. The third-order valence-corrected chi connectivity index (χ3v) is 8.30. The average Bonchev–Trinajstić information content (AvgIpc) is 3.17. The molecule has 0 aliphatic carbocycles. The molecule has 0 bridgehead atoms. The standard InChI is InChI=1S/C44H30N4/c45-31-39-41(33-19-7-1-8-20-33)43(47(35-23-11-3-12-24-35)36-25-13-4-14-26-36)40(32-46)42(34-21-9-2-10-22-34)44(39)48(37-27-15-5-16-28-37)38-29-17-6-18-30-38/h1-30H. The van der Waals surface area contributed by atoms with Crippen molar-refractivity contribution in [1.82, 2.24) is 0 Å². The lowest BCUT2D eigenvalue weighted by Gasteiger charge is -2.35. The van der Waals surface area contributed by atoms with E-state index in [1.54, 1.807) is 0 Å². The molecule has 0 unspecified atom stereocenters. The van der Waals surface area contributed by atoms with Gasteiger partial charge < -0.3 is 9.80 Å². The van der Waals surface area contributed by atoms with E-state index in [-0.39, 0.29) is 0 Å². The average molecular weight is 615 g/mol. The van der Waals surface area contributed by atoms with Crippen molar-refractivity contribution in [3.8, 4) is 34.4 Å². The first-order valence-electron chi connectivity index (χ1n) is 15.8. The fourth-order valence-electron chi connectivity index (χ4n) is 6.28.